The van der Waals surface area contributed by atoms with Crippen molar-refractivity contribution in [2.75, 3.05) is 43.4 Å². The number of halogens is 1. The average Bonchev–Trinajstić information content (AvgIpc) is 3.59. The number of carbonyl (C=O) groups is 2. The van der Waals surface area contributed by atoms with Crippen molar-refractivity contribution in [1.82, 2.24) is 24.8 Å². The molecule has 0 spiro atoms. The fourth-order valence-corrected chi connectivity index (χ4v) is 5.99. The molecule has 4 N–H and O–H groups in total. The molecule has 2 amide bonds. The van der Waals surface area contributed by atoms with Crippen molar-refractivity contribution in [3.63, 3.8) is 0 Å². The summed E-state index contributed by atoms with van der Waals surface area (Å²) in [6.45, 7) is 7.27. The maximum Gasteiger partial charge on any atom is 0.265 e. The number of carbonyl (C=O) groups excluding carboxylic acids is 2. The van der Waals surface area contributed by atoms with E-state index in [9.17, 15) is 14.7 Å². The van der Waals surface area contributed by atoms with E-state index < -0.39 is 5.60 Å². The molecular weight excluding hydrogens is 542 g/mol. The van der Waals surface area contributed by atoms with E-state index in [1.165, 1.54) is 6.33 Å². The van der Waals surface area contributed by atoms with Gasteiger partial charge in [-0.15, -0.1) is 11.3 Å². The Morgan fingerprint density at radius 2 is 2.15 bits per heavy atom. The zero-order chi connectivity index (χ0) is 27.9. The summed E-state index contributed by atoms with van der Waals surface area (Å²) in [5.74, 6) is 0.470. The van der Waals surface area contributed by atoms with E-state index in [1.807, 2.05) is 12.1 Å². The number of rotatable bonds is 7. The van der Waals surface area contributed by atoms with Crippen LogP contribution in [0.3, 0.4) is 0 Å². The number of thiophene rings is 1. The number of anilines is 2. The molecule has 3 aromatic rings. The van der Waals surface area contributed by atoms with Gasteiger partial charge in [-0.05, 0) is 38.3 Å². The van der Waals surface area contributed by atoms with E-state index in [0.29, 0.717) is 45.9 Å². The number of piperidine rings is 1. The maximum absolute atomic E-state index is 13.2. The topological polar surface area (TPSA) is 138 Å². The lowest BCUT2D eigenvalue weighted by molar-refractivity contribution is -0.127. The number of nitrogens with one attached hydrogen (secondary N) is 1. The van der Waals surface area contributed by atoms with Gasteiger partial charge in [0.1, 0.15) is 29.1 Å². The van der Waals surface area contributed by atoms with Crippen LogP contribution in [0.4, 0.5) is 11.5 Å². The number of nitrogens with two attached hydrogens (primary N) is 1. The highest BCUT2D eigenvalue weighted by Crippen LogP contribution is 2.36. The van der Waals surface area contributed by atoms with Gasteiger partial charge in [0.2, 0.25) is 5.91 Å². The molecular formula is C26H32ClN7O4S. The Hall–Kier alpha value is -3.35. The number of nitrogens with zero attached hydrogens (tertiary/aromatic N) is 5. The first kappa shape index (κ1) is 27.2. The van der Waals surface area contributed by atoms with Crippen LogP contribution < -0.4 is 20.7 Å². The highest BCUT2D eigenvalue weighted by molar-refractivity contribution is 7.18. The molecule has 208 valence electrons. The second kappa shape index (κ2) is 10.7. The molecule has 1 fully saturated rings. The van der Waals surface area contributed by atoms with E-state index in [0.717, 1.165) is 47.7 Å². The molecule has 11 nitrogen and oxygen atoms in total. The van der Waals surface area contributed by atoms with Gasteiger partial charge in [-0.3, -0.25) is 9.59 Å². The third-order valence-corrected chi connectivity index (χ3v) is 8.05. The van der Waals surface area contributed by atoms with Gasteiger partial charge in [0.25, 0.3) is 5.91 Å². The third-order valence-electron chi connectivity index (χ3n) is 6.81. The van der Waals surface area contributed by atoms with Gasteiger partial charge in [-0.1, -0.05) is 17.7 Å². The number of aromatic nitrogens is 3. The largest absolute Gasteiger partial charge is 0.489 e. The second-order valence-electron chi connectivity index (χ2n) is 10.6. The predicted molar refractivity (Wildman–Crippen MR) is 151 cm³/mol. The minimum absolute atomic E-state index is 0.0201. The molecule has 13 heteroatoms. The van der Waals surface area contributed by atoms with Crippen LogP contribution in [0.2, 0.25) is 4.34 Å². The minimum atomic E-state index is -1.05. The quantitative estimate of drug-likeness (QED) is 0.392. The highest BCUT2D eigenvalue weighted by atomic mass is 35.5. The molecule has 1 saturated heterocycles. The van der Waals surface area contributed by atoms with E-state index in [-0.39, 0.29) is 24.5 Å². The van der Waals surface area contributed by atoms with Crippen LogP contribution in [-0.2, 0) is 4.79 Å². The summed E-state index contributed by atoms with van der Waals surface area (Å²) in [5.41, 5.74) is 8.74. The second-order valence-corrected chi connectivity index (χ2v) is 12.2. The van der Waals surface area contributed by atoms with Crippen molar-refractivity contribution in [2.45, 2.75) is 45.3 Å². The van der Waals surface area contributed by atoms with Gasteiger partial charge < -0.3 is 30.7 Å². The average molecular weight is 574 g/mol. The lowest BCUT2D eigenvalue weighted by atomic mass is 10.0. The monoisotopic (exact) mass is 573 g/mol. The van der Waals surface area contributed by atoms with Crippen molar-refractivity contribution in [3.8, 4) is 5.75 Å². The first-order valence-electron chi connectivity index (χ1n) is 12.8. The Morgan fingerprint density at radius 1 is 1.36 bits per heavy atom. The summed E-state index contributed by atoms with van der Waals surface area (Å²) in [6, 6.07) is 3.52. The molecule has 2 aliphatic heterocycles. The molecule has 39 heavy (non-hydrogen) atoms. The van der Waals surface area contributed by atoms with Gasteiger partial charge >= 0.3 is 0 Å². The fraction of sp³-hybridized carbons (Fsp3) is 0.462. The van der Waals surface area contributed by atoms with Gasteiger partial charge in [0, 0.05) is 45.2 Å². The number of ether oxygens (including phenoxy) is 1. The molecule has 1 atom stereocenters. The standard InChI is InChI=1S/C26H32ClN7O4S/c1-15(35)32-8-6-16(11-32)18-9-19(22-24(28)29-14-30-34(18)22)33-7-4-5-17(12-33)31-25(36)23-20(10-21(27)39-23)38-13-26(2,3)37/h6,9-10,14,17,37H,4-5,7-8,11-13H2,1-3H3,(H,31,36)(H2,28,29,30)/t17-/m1/s1. The molecule has 0 radical (unpaired) electrons. The van der Waals surface area contributed by atoms with E-state index >= 15 is 0 Å². The van der Waals surface area contributed by atoms with Crippen molar-refractivity contribution >= 4 is 57.3 Å². The summed E-state index contributed by atoms with van der Waals surface area (Å²) >= 11 is 7.34. The lowest BCUT2D eigenvalue weighted by Crippen LogP contribution is -2.47. The third kappa shape index (κ3) is 5.82. The Balaban J connectivity index is 1.36. The first-order chi connectivity index (χ1) is 18.5. The summed E-state index contributed by atoms with van der Waals surface area (Å²) in [5, 5.41) is 17.6. The summed E-state index contributed by atoms with van der Waals surface area (Å²) in [4.78, 5) is 33.7. The zero-order valence-electron chi connectivity index (χ0n) is 22.1. The van der Waals surface area contributed by atoms with Crippen LogP contribution in [0, 0.1) is 0 Å². The normalized spacial score (nSPS) is 18.0. The zero-order valence-corrected chi connectivity index (χ0v) is 23.7. The summed E-state index contributed by atoms with van der Waals surface area (Å²) < 4.78 is 7.92. The number of aliphatic hydroxyl groups is 1. The molecule has 5 heterocycles. The van der Waals surface area contributed by atoms with Gasteiger partial charge in [0.05, 0.1) is 21.3 Å². The lowest BCUT2D eigenvalue weighted by Gasteiger charge is -2.34. The van der Waals surface area contributed by atoms with Gasteiger partial charge in [0.15, 0.2) is 5.82 Å². The summed E-state index contributed by atoms with van der Waals surface area (Å²) in [7, 11) is 0. The van der Waals surface area contributed by atoms with Crippen LogP contribution in [0.25, 0.3) is 11.1 Å². The SMILES string of the molecule is CC(=O)N1CC=C(c2cc(N3CCC[C@@H](NC(=O)c4sc(Cl)cc4OCC(C)(C)O)C3)c3c(N)ncnn23)C1. The van der Waals surface area contributed by atoms with Crippen molar-refractivity contribution in [3.05, 3.63) is 39.4 Å². The molecule has 2 aliphatic rings. The van der Waals surface area contributed by atoms with Crippen LogP contribution in [0.1, 0.15) is 49.0 Å². The predicted octanol–water partition coefficient (Wildman–Crippen LogP) is 2.82. The Labute approximate surface area is 235 Å². The van der Waals surface area contributed by atoms with Crippen LogP contribution in [-0.4, -0.2) is 80.8 Å². The maximum atomic E-state index is 13.2. The van der Waals surface area contributed by atoms with Crippen LogP contribution in [0.5, 0.6) is 5.75 Å². The number of fused-ring (bicyclic) bond motifs is 1. The Morgan fingerprint density at radius 3 is 2.87 bits per heavy atom. The first-order valence-corrected chi connectivity index (χ1v) is 14.0. The molecule has 0 unspecified atom stereocenters. The number of hydrogen-bond acceptors (Lipinski definition) is 9. The smallest absolute Gasteiger partial charge is 0.265 e. The minimum Gasteiger partial charge on any atom is -0.489 e. The highest BCUT2D eigenvalue weighted by Gasteiger charge is 2.29. The Bertz CT molecular complexity index is 1440. The summed E-state index contributed by atoms with van der Waals surface area (Å²) in [6.07, 6.45) is 5.13. The molecule has 5 rings (SSSR count). The molecule has 3 aromatic heterocycles. The van der Waals surface area contributed by atoms with E-state index in [4.69, 9.17) is 22.1 Å². The van der Waals surface area contributed by atoms with Crippen molar-refractivity contribution in [2.24, 2.45) is 0 Å². The number of nitrogen functional groups attached to an aromatic ring is 1. The molecule has 0 saturated carbocycles. The van der Waals surface area contributed by atoms with Crippen molar-refractivity contribution in [1.29, 1.82) is 0 Å². The molecule has 0 bridgehead atoms. The molecule has 0 aromatic carbocycles. The number of amides is 2. The Kier molecular flexibility index (Phi) is 7.45. The fourth-order valence-electron chi connectivity index (χ4n) is 4.93. The van der Waals surface area contributed by atoms with Gasteiger partial charge in [-0.2, -0.15) is 5.10 Å². The number of hydrogen-bond donors (Lipinski definition) is 3. The molecule has 0 aliphatic carbocycles. The van der Waals surface area contributed by atoms with E-state index in [2.05, 4.69) is 20.3 Å². The van der Waals surface area contributed by atoms with Crippen LogP contribution >= 0.6 is 22.9 Å². The van der Waals surface area contributed by atoms with E-state index in [1.54, 1.807) is 36.3 Å². The van der Waals surface area contributed by atoms with Gasteiger partial charge in [-0.25, -0.2) is 9.50 Å². The van der Waals surface area contributed by atoms with Crippen molar-refractivity contribution < 1.29 is 19.4 Å². The van der Waals surface area contributed by atoms with Crippen LogP contribution in [0.15, 0.2) is 24.5 Å².